The van der Waals surface area contributed by atoms with E-state index in [1.54, 1.807) is 0 Å². The van der Waals surface area contributed by atoms with Crippen LogP contribution in [0.3, 0.4) is 0 Å². The molecule has 7 nitrogen and oxygen atoms in total. The molecular weight excluding hydrogens is 274 g/mol. The van der Waals surface area contributed by atoms with Crippen molar-refractivity contribution in [2.24, 2.45) is 17.1 Å². The van der Waals surface area contributed by atoms with Crippen molar-refractivity contribution in [2.45, 2.75) is 52.1 Å². The molecule has 7 heteroatoms. The first-order chi connectivity index (χ1) is 9.60. The van der Waals surface area contributed by atoms with Crippen LogP contribution in [0.1, 0.15) is 40.0 Å². The number of carbonyl (C=O) groups excluding carboxylic acids is 2. The fourth-order valence-corrected chi connectivity index (χ4v) is 2.41. The lowest BCUT2D eigenvalue weighted by atomic mass is 9.88. The van der Waals surface area contributed by atoms with E-state index in [9.17, 15) is 19.5 Å². The Kier molecular flexibility index (Phi) is 5.71. The van der Waals surface area contributed by atoms with Gasteiger partial charge in [0.05, 0.1) is 6.04 Å². The molecule has 5 N–H and O–H groups in total. The minimum atomic E-state index is -1.15. The molecule has 0 aromatic carbocycles. The Balaban J connectivity index is 2.59. The lowest BCUT2D eigenvalue weighted by molar-refractivity contribution is -0.142. The largest absolute Gasteiger partial charge is 0.480 e. The Morgan fingerprint density at radius 1 is 1.48 bits per heavy atom. The number of rotatable bonds is 6. The minimum Gasteiger partial charge on any atom is -0.480 e. The molecule has 1 rings (SSSR count). The van der Waals surface area contributed by atoms with Gasteiger partial charge in [-0.05, 0) is 24.7 Å². The van der Waals surface area contributed by atoms with E-state index in [-0.39, 0.29) is 23.7 Å². The molecule has 3 atom stereocenters. The Hall–Kier alpha value is -1.63. The van der Waals surface area contributed by atoms with E-state index < -0.39 is 24.0 Å². The van der Waals surface area contributed by atoms with E-state index >= 15 is 0 Å². The van der Waals surface area contributed by atoms with Gasteiger partial charge in [-0.1, -0.05) is 20.8 Å². The summed E-state index contributed by atoms with van der Waals surface area (Å²) in [5, 5.41) is 14.3. The van der Waals surface area contributed by atoms with Crippen LogP contribution in [0.4, 0.5) is 0 Å². The van der Waals surface area contributed by atoms with Crippen LogP contribution in [-0.2, 0) is 14.4 Å². The molecule has 0 aromatic heterocycles. The minimum absolute atomic E-state index is 0.0924. The average Bonchev–Trinajstić information content (AvgIpc) is 2.71. The molecule has 1 heterocycles. The molecule has 2 amide bonds. The molecule has 0 radical (unpaired) electrons. The van der Waals surface area contributed by atoms with E-state index in [0.717, 1.165) is 0 Å². The number of hydrogen-bond acceptors (Lipinski definition) is 4. The van der Waals surface area contributed by atoms with Gasteiger partial charge in [0.1, 0.15) is 6.04 Å². The van der Waals surface area contributed by atoms with Gasteiger partial charge in [0.25, 0.3) is 0 Å². The first kappa shape index (κ1) is 17.4. The monoisotopic (exact) mass is 299 g/mol. The van der Waals surface area contributed by atoms with E-state index in [2.05, 4.69) is 10.6 Å². The first-order valence-electron chi connectivity index (χ1n) is 7.16. The summed E-state index contributed by atoms with van der Waals surface area (Å²) in [5.41, 5.74) is 5.68. The fraction of sp³-hybridized carbons (Fsp3) is 0.786. The Labute approximate surface area is 124 Å². The van der Waals surface area contributed by atoms with Gasteiger partial charge in [-0.15, -0.1) is 0 Å². The van der Waals surface area contributed by atoms with Crippen molar-refractivity contribution in [3.8, 4) is 0 Å². The summed E-state index contributed by atoms with van der Waals surface area (Å²) in [4.78, 5) is 34.7. The van der Waals surface area contributed by atoms with Crippen molar-refractivity contribution in [3.05, 3.63) is 0 Å². The normalized spacial score (nSPS) is 21.5. The molecular formula is C14H25N3O4. The molecule has 1 aliphatic rings. The summed E-state index contributed by atoms with van der Waals surface area (Å²) in [5.74, 6) is -2.17. The highest BCUT2D eigenvalue weighted by atomic mass is 16.4. The number of carboxylic acid groups (broad SMARTS) is 1. The predicted molar refractivity (Wildman–Crippen MR) is 77.3 cm³/mol. The standard InChI is InChI=1S/C14H25N3O4/c1-14(2,3)7-9(15)12(19)17-10(13(20)21)6-8-4-5-16-11(8)18/h8-10H,4-7,15H2,1-3H3,(H,16,18)(H,17,19)(H,20,21)/t8-,9-,10?/m0/s1. The van der Waals surface area contributed by atoms with Crippen LogP contribution in [0, 0.1) is 11.3 Å². The van der Waals surface area contributed by atoms with Crippen LogP contribution < -0.4 is 16.4 Å². The second-order valence-electron chi connectivity index (χ2n) is 6.78. The molecule has 0 aromatic rings. The van der Waals surface area contributed by atoms with Gasteiger partial charge in [-0.25, -0.2) is 4.79 Å². The highest BCUT2D eigenvalue weighted by Gasteiger charge is 2.32. The number of aliphatic carboxylic acids is 1. The topological polar surface area (TPSA) is 122 Å². The maximum Gasteiger partial charge on any atom is 0.326 e. The van der Waals surface area contributed by atoms with Gasteiger partial charge in [-0.3, -0.25) is 9.59 Å². The third-order valence-corrected chi connectivity index (χ3v) is 3.47. The number of nitrogens with two attached hydrogens (primary N) is 1. The summed E-state index contributed by atoms with van der Waals surface area (Å²) in [7, 11) is 0. The van der Waals surface area contributed by atoms with Crippen LogP contribution in [0.15, 0.2) is 0 Å². The molecule has 0 spiro atoms. The Bertz CT molecular complexity index is 417. The number of carbonyl (C=O) groups is 3. The molecule has 0 saturated carbocycles. The predicted octanol–water partition coefficient (Wildman–Crippen LogP) is -0.154. The van der Waals surface area contributed by atoms with E-state index in [1.807, 2.05) is 20.8 Å². The zero-order valence-electron chi connectivity index (χ0n) is 12.8. The lowest BCUT2D eigenvalue weighted by Crippen LogP contribution is -2.50. The van der Waals surface area contributed by atoms with Gasteiger partial charge in [0, 0.05) is 12.5 Å². The van der Waals surface area contributed by atoms with Gasteiger partial charge >= 0.3 is 5.97 Å². The van der Waals surface area contributed by atoms with Crippen molar-refractivity contribution in [3.63, 3.8) is 0 Å². The third kappa shape index (κ3) is 5.71. The zero-order chi connectivity index (χ0) is 16.2. The molecule has 1 fully saturated rings. The van der Waals surface area contributed by atoms with Gasteiger partial charge in [0.2, 0.25) is 11.8 Å². The van der Waals surface area contributed by atoms with Crippen molar-refractivity contribution < 1.29 is 19.5 Å². The van der Waals surface area contributed by atoms with Crippen LogP contribution in [0.2, 0.25) is 0 Å². The lowest BCUT2D eigenvalue weighted by Gasteiger charge is -2.24. The van der Waals surface area contributed by atoms with Crippen LogP contribution in [-0.4, -0.2) is 41.5 Å². The zero-order valence-corrected chi connectivity index (χ0v) is 12.8. The highest BCUT2D eigenvalue weighted by Crippen LogP contribution is 2.20. The van der Waals surface area contributed by atoms with Crippen LogP contribution in [0.25, 0.3) is 0 Å². The summed E-state index contributed by atoms with van der Waals surface area (Å²) in [6.45, 7) is 6.42. The molecule has 1 aliphatic heterocycles. The van der Waals surface area contributed by atoms with E-state index in [0.29, 0.717) is 19.4 Å². The molecule has 120 valence electrons. The number of amides is 2. The molecule has 1 unspecified atom stereocenters. The highest BCUT2D eigenvalue weighted by molar-refractivity contribution is 5.87. The fourth-order valence-electron chi connectivity index (χ4n) is 2.41. The molecule has 0 aliphatic carbocycles. The van der Waals surface area contributed by atoms with Crippen molar-refractivity contribution in [1.82, 2.24) is 10.6 Å². The average molecular weight is 299 g/mol. The van der Waals surface area contributed by atoms with Crippen molar-refractivity contribution >= 4 is 17.8 Å². The van der Waals surface area contributed by atoms with Gasteiger partial charge in [-0.2, -0.15) is 0 Å². The summed E-state index contributed by atoms with van der Waals surface area (Å²) in [6.07, 6.45) is 1.14. The smallest absolute Gasteiger partial charge is 0.326 e. The summed E-state index contributed by atoms with van der Waals surface area (Å²) >= 11 is 0. The quantitative estimate of drug-likeness (QED) is 0.543. The van der Waals surface area contributed by atoms with Gasteiger partial charge < -0.3 is 21.5 Å². The second kappa shape index (κ2) is 6.89. The number of hydrogen-bond donors (Lipinski definition) is 4. The molecule has 1 saturated heterocycles. The second-order valence-corrected chi connectivity index (χ2v) is 6.78. The Morgan fingerprint density at radius 2 is 2.10 bits per heavy atom. The number of carboxylic acids is 1. The third-order valence-electron chi connectivity index (χ3n) is 3.47. The van der Waals surface area contributed by atoms with Crippen LogP contribution in [0.5, 0.6) is 0 Å². The van der Waals surface area contributed by atoms with E-state index in [1.165, 1.54) is 0 Å². The molecule has 21 heavy (non-hydrogen) atoms. The maximum absolute atomic E-state index is 12.0. The Morgan fingerprint density at radius 3 is 2.52 bits per heavy atom. The first-order valence-corrected chi connectivity index (χ1v) is 7.16. The van der Waals surface area contributed by atoms with Crippen molar-refractivity contribution in [1.29, 1.82) is 0 Å². The number of nitrogens with one attached hydrogen (secondary N) is 2. The van der Waals surface area contributed by atoms with Gasteiger partial charge in [0.15, 0.2) is 0 Å². The summed E-state index contributed by atoms with van der Waals surface area (Å²) in [6, 6.07) is -1.85. The van der Waals surface area contributed by atoms with E-state index in [4.69, 9.17) is 5.73 Å². The SMILES string of the molecule is CC(C)(C)C[C@H](N)C(=O)NC(C[C@@H]1CCNC1=O)C(=O)O. The summed E-state index contributed by atoms with van der Waals surface area (Å²) < 4.78 is 0. The van der Waals surface area contributed by atoms with Crippen molar-refractivity contribution in [2.75, 3.05) is 6.54 Å². The van der Waals surface area contributed by atoms with Crippen LogP contribution >= 0.6 is 0 Å². The molecule has 0 bridgehead atoms. The maximum atomic E-state index is 12.0.